The molecule has 0 saturated carbocycles. The van der Waals surface area contributed by atoms with Crippen molar-refractivity contribution in [3.8, 4) is 0 Å². The second-order valence-corrected chi connectivity index (χ2v) is 5.95. The first-order valence-corrected chi connectivity index (χ1v) is 7.47. The molecule has 1 unspecified atom stereocenters. The van der Waals surface area contributed by atoms with Crippen molar-refractivity contribution in [3.05, 3.63) is 35.4 Å². The van der Waals surface area contributed by atoms with Crippen LogP contribution in [0.25, 0.3) is 0 Å². The lowest BCUT2D eigenvalue weighted by molar-refractivity contribution is -0.137. The van der Waals surface area contributed by atoms with Gasteiger partial charge in [0.05, 0.1) is 12.2 Å². The predicted molar refractivity (Wildman–Crippen MR) is 77.7 cm³/mol. The molecule has 0 bridgehead atoms. The van der Waals surface area contributed by atoms with Gasteiger partial charge in [-0.25, -0.2) is 0 Å². The maximum absolute atomic E-state index is 12.6. The lowest BCUT2D eigenvalue weighted by Gasteiger charge is -2.37. The number of ether oxygens (including phenoxy) is 1. The molecule has 3 nitrogen and oxygen atoms in total. The normalized spacial score (nSPS) is 19.9. The molecule has 1 aromatic rings. The molecule has 6 heteroatoms. The van der Waals surface area contributed by atoms with Gasteiger partial charge in [0, 0.05) is 25.3 Å². The summed E-state index contributed by atoms with van der Waals surface area (Å²) in [6, 6.07) is 5.26. The summed E-state index contributed by atoms with van der Waals surface area (Å²) in [6.07, 6.45) is -2.82. The average molecular weight is 317 g/mol. The van der Waals surface area contributed by atoms with Gasteiger partial charge in [0.15, 0.2) is 0 Å². The van der Waals surface area contributed by atoms with Crippen molar-refractivity contribution in [2.75, 3.05) is 26.4 Å². The van der Waals surface area contributed by atoms with Crippen molar-refractivity contribution < 1.29 is 23.0 Å². The number of benzene rings is 1. The Balaban J connectivity index is 1.95. The van der Waals surface area contributed by atoms with Crippen LogP contribution in [0.15, 0.2) is 24.3 Å². The molecule has 1 heterocycles. The highest BCUT2D eigenvalue weighted by molar-refractivity contribution is 5.27. The maximum atomic E-state index is 12.6. The van der Waals surface area contributed by atoms with Gasteiger partial charge in [-0.2, -0.15) is 13.2 Å². The Morgan fingerprint density at radius 3 is 2.32 bits per heavy atom. The van der Waals surface area contributed by atoms with E-state index in [1.165, 1.54) is 12.1 Å². The standard InChI is InChI=1S/C16H22F3NO2/c1-12(10-20-15(11-21)6-8-22-9-7-15)13-2-4-14(5-3-13)16(17,18)19/h2-5,12,20-21H,6-11H2,1H3. The van der Waals surface area contributed by atoms with Crippen LogP contribution in [-0.2, 0) is 10.9 Å². The smallest absolute Gasteiger partial charge is 0.394 e. The van der Waals surface area contributed by atoms with Crippen molar-refractivity contribution >= 4 is 0 Å². The summed E-state index contributed by atoms with van der Waals surface area (Å²) in [7, 11) is 0. The molecule has 0 radical (unpaired) electrons. The van der Waals surface area contributed by atoms with Gasteiger partial charge < -0.3 is 15.2 Å². The van der Waals surface area contributed by atoms with E-state index in [2.05, 4.69) is 5.32 Å². The molecule has 2 rings (SSSR count). The number of nitrogens with one attached hydrogen (secondary N) is 1. The second-order valence-electron chi connectivity index (χ2n) is 5.95. The number of alkyl halides is 3. The van der Waals surface area contributed by atoms with Crippen molar-refractivity contribution in [1.82, 2.24) is 5.32 Å². The zero-order chi connectivity index (χ0) is 16.2. The minimum Gasteiger partial charge on any atom is -0.394 e. The molecular weight excluding hydrogens is 295 g/mol. The van der Waals surface area contributed by atoms with Crippen LogP contribution in [0.1, 0.15) is 36.8 Å². The van der Waals surface area contributed by atoms with Crippen LogP contribution in [0.5, 0.6) is 0 Å². The van der Waals surface area contributed by atoms with Crippen LogP contribution in [-0.4, -0.2) is 37.0 Å². The number of aliphatic hydroxyl groups excluding tert-OH is 1. The monoisotopic (exact) mass is 317 g/mol. The van der Waals surface area contributed by atoms with Crippen LogP contribution >= 0.6 is 0 Å². The third-order valence-corrected chi connectivity index (χ3v) is 4.34. The van der Waals surface area contributed by atoms with Crippen LogP contribution < -0.4 is 5.32 Å². The Morgan fingerprint density at radius 2 is 1.82 bits per heavy atom. The van der Waals surface area contributed by atoms with Gasteiger partial charge in [-0.3, -0.25) is 0 Å². The molecule has 0 aromatic heterocycles. The average Bonchev–Trinajstić information content (AvgIpc) is 2.53. The zero-order valence-corrected chi connectivity index (χ0v) is 12.6. The SMILES string of the molecule is CC(CNC1(CO)CCOCC1)c1ccc(C(F)(F)F)cc1. The van der Waals surface area contributed by atoms with Crippen LogP contribution in [0.4, 0.5) is 13.2 Å². The fraction of sp³-hybridized carbons (Fsp3) is 0.625. The summed E-state index contributed by atoms with van der Waals surface area (Å²) in [6.45, 7) is 3.83. The molecule has 1 aromatic carbocycles. The van der Waals surface area contributed by atoms with Crippen molar-refractivity contribution in [2.45, 2.75) is 37.4 Å². The van der Waals surface area contributed by atoms with Gasteiger partial charge in [-0.15, -0.1) is 0 Å². The van der Waals surface area contributed by atoms with E-state index in [1.54, 1.807) is 0 Å². The van der Waals surface area contributed by atoms with Crippen molar-refractivity contribution in [1.29, 1.82) is 0 Å². The Morgan fingerprint density at radius 1 is 1.23 bits per heavy atom. The number of rotatable bonds is 5. The van der Waals surface area contributed by atoms with E-state index in [0.29, 0.717) is 19.8 Å². The number of aliphatic hydroxyl groups is 1. The highest BCUT2D eigenvalue weighted by atomic mass is 19.4. The molecule has 1 aliphatic heterocycles. The molecule has 124 valence electrons. The second kappa shape index (κ2) is 6.98. The summed E-state index contributed by atoms with van der Waals surface area (Å²) < 4.78 is 43.0. The van der Waals surface area contributed by atoms with Crippen molar-refractivity contribution in [2.24, 2.45) is 0 Å². The van der Waals surface area contributed by atoms with E-state index in [1.807, 2.05) is 6.92 Å². The van der Waals surface area contributed by atoms with Crippen LogP contribution in [0.3, 0.4) is 0 Å². The van der Waals surface area contributed by atoms with Crippen LogP contribution in [0.2, 0.25) is 0 Å². The topological polar surface area (TPSA) is 41.5 Å². The van der Waals surface area contributed by atoms with Gasteiger partial charge in [-0.1, -0.05) is 19.1 Å². The molecule has 0 spiro atoms. The minimum absolute atomic E-state index is 0.0378. The quantitative estimate of drug-likeness (QED) is 0.877. The summed E-state index contributed by atoms with van der Waals surface area (Å²) in [4.78, 5) is 0. The van der Waals surface area contributed by atoms with Gasteiger partial charge in [-0.05, 0) is 36.5 Å². The molecule has 0 aliphatic carbocycles. The highest BCUT2D eigenvalue weighted by Gasteiger charge is 2.32. The number of halogens is 3. The zero-order valence-electron chi connectivity index (χ0n) is 12.6. The van der Waals surface area contributed by atoms with Gasteiger partial charge in [0.1, 0.15) is 0 Å². The highest BCUT2D eigenvalue weighted by Crippen LogP contribution is 2.30. The lowest BCUT2D eigenvalue weighted by Crippen LogP contribution is -2.53. The first-order valence-electron chi connectivity index (χ1n) is 7.47. The van der Waals surface area contributed by atoms with E-state index in [0.717, 1.165) is 30.5 Å². The van der Waals surface area contributed by atoms with Crippen molar-refractivity contribution in [3.63, 3.8) is 0 Å². The maximum Gasteiger partial charge on any atom is 0.416 e. The van der Waals surface area contributed by atoms with E-state index in [9.17, 15) is 18.3 Å². The Labute approximate surface area is 128 Å². The molecule has 1 fully saturated rings. The van der Waals surface area contributed by atoms with Gasteiger partial charge in [0.25, 0.3) is 0 Å². The molecule has 1 aliphatic rings. The summed E-state index contributed by atoms with van der Waals surface area (Å²) in [5, 5.41) is 13.0. The fourth-order valence-electron chi connectivity index (χ4n) is 2.64. The van der Waals surface area contributed by atoms with E-state index < -0.39 is 11.7 Å². The molecule has 1 saturated heterocycles. The number of hydrogen-bond donors (Lipinski definition) is 2. The van der Waals surface area contributed by atoms with E-state index >= 15 is 0 Å². The largest absolute Gasteiger partial charge is 0.416 e. The Kier molecular flexibility index (Phi) is 5.47. The number of hydrogen-bond acceptors (Lipinski definition) is 3. The lowest BCUT2D eigenvalue weighted by atomic mass is 9.89. The summed E-state index contributed by atoms with van der Waals surface area (Å²) in [5.41, 5.74) is -0.119. The minimum atomic E-state index is -4.30. The van der Waals surface area contributed by atoms with Gasteiger partial charge >= 0.3 is 6.18 Å². The molecular formula is C16H22F3NO2. The Bertz CT molecular complexity index is 467. The first kappa shape index (κ1) is 17.2. The fourth-order valence-corrected chi connectivity index (χ4v) is 2.64. The van der Waals surface area contributed by atoms with E-state index in [-0.39, 0.29) is 18.1 Å². The molecule has 0 amide bonds. The predicted octanol–water partition coefficient (Wildman–Crippen LogP) is 2.94. The molecule has 2 N–H and O–H groups in total. The van der Waals surface area contributed by atoms with Crippen LogP contribution in [0, 0.1) is 0 Å². The third-order valence-electron chi connectivity index (χ3n) is 4.34. The van der Waals surface area contributed by atoms with Gasteiger partial charge in [0.2, 0.25) is 0 Å². The molecule has 22 heavy (non-hydrogen) atoms. The first-order chi connectivity index (χ1) is 10.4. The molecule has 1 atom stereocenters. The summed E-state index contributed by atoms with van der Waals surface area (Å²) in [5.74, 6) is 0.0635. The Hall–Kier alpha value is -1.11. The third kappa shape index (κ3) is 4.21. The summed E-state index contributed by atoms with van der Waals surface area (Å²) >= 11 is 0. The van der Waals surface area contributed by atoms with E-state index in [4.69, 9.17) is 4.74 Å².